The molecule has 2 aromatic carbocycles. The van der Waals surface area contributed by atoms with Crippen molar-refractivity contribution < 1.29 is 27.8 Å². The first-order chi connectivity index (χ1) is 20.2. The molecule has 0 radical (unpaired) electrons. The molecule has 218 valence electrons. The van der Waals surface area contributed by atoms with Gasteiger partial charge in [-0.1, -0.05) is 24.9 Å². The van der Waals surface area contributed by atoms with Gasteiger partial charge < -0.3 is 20.2 Å². The Hall–Kier alpha value is -4.51. The molecule has 0 saturated carbocycles. The number of aromatic amines is 1. The quantitative estimate of drug-likeness (QED) is 0.138. The number of rotatable bonds is 4. The number of fused-ring (bicyclic) bond motifs is 4. The van der Waals surface area contributed by atoms with Gasteiger partial charge in [-0.25, -0.2) is 18.6 Å². The van der Waals surface area contributed by atoms with E-state index in [9.17, 15) is 23.6 Å². The maximum atomic E-state index is 14.7. The Bertz CT molecular complexity index is 1680. The van der Waals surface area contributed by atoms with Crippen LogP contribution in [0.2, 0.25) is 5.02 Å². The third-order valence-electron chi connectivity index (χ3n) is 7.24. The molecular formula is C30H28ClF2N5O4. The van der Waals surface area contributed by atoms with E-state index >= 15 is 0 Å². The molecule has 0 aliphatic carbocycles. The van der Waals surface area contributed by atoms with Gasteiger partial charge in [-0.15, -0.1) is 0 Å². The van der Waals surface area contributed by atoms with Gasteiger partial charge in [0.15, 0.2) is 12.0 Å². The molecule has 0 spiro atoms. The lowest BCUT2D eigenvalue weighted by molar-refractivity contribution is -0.614. The summed E-state index contributed by atoms with van der Waals surface area (Å²) in [7, 11) is 1.26. The van der Waals surface area contributed by atoms with Crippen molar-refractivity contribution >= 4 is 35.0 Å². The van der Waals surface area contributed by atoms with Crippen LogP contribution in [0, 0.1) is 16.8 Å². The molecule has 0 fully saturated rings. The Kier molecular flexibility index (Phi) is 8.39. The molecule has 4 aromatic rings. The topological polar surface area (TPSA) is 123 Å². The molecule has 1 unspecified atom stereocenters. The smallest absolute Gasteiger partial charge is 0.411 e. The third-order valence-corrected chi connectivity index (χ3v) is 7.53. The summed E-state index contributed by atoms with van der Waals surface area (Å²) in [4.78, 5) is 32.9. The molecule has 1 aliphatic rings. The van der Waals surface area contributed by atoms with Gasteiger partial charge in [-0.05, 0) is 55.7 Å². The number of aryl methyl sites for hydroxylation is 1. The molecule has 2 bridgehead atoms. The first kappa shape index (κ1) is 29.0. The van der Waals surface area contributed by atoms with E-state index in [1.807, 2.05) is 6.92 Å². The molecule has 3 heterocycles. The van der Waals surface area contributed by atoms with E-state index in [0.29, 0.717) is 64.6 Å². The van der Waals surface area contributed by atoms with Crippen LogP contribution in [0.5, 0.6) is 0 Å². The van der Waals surface area contributed by atoms with Crippen LogP contribution >= 0.6 is 11.6 Å². The number of methoxy groups -OCH3 is 1. The lowest BCUT2D eigenvalue weighted by atomic mass is 9.95. The van der Waals surface area contributed by atoms with Crippen LogP contribution in [0.15, 0.2) is 48.7 Å². The lowest BCUT2D eigenvalue weighted by Gasteiger charge is -2.17. The van der Waals surface area contributed by atoms with Crippen molar-refractivity contribution in [3.8, 4) is 22.4 Å². The van der Waals surface area contributed by atoms with Crippen molar-refractivity contribution in [1.82, 2.24) is 9.97 Å². The van der Waals surface area contributed by atoms with Crippen molar-refractivity contribution in [2.45, 2.75) is 44.9 Å². The van der Waals surface area contributed by atoms with Crippen molar-refractivity contribution in [3.05, 3.63) is 87.7 Å². The number of nitrogens with zero attached hydrogens (tertiary/aromatic N) is 2. The molecule has 9 nitrogen and oxygen atoms in total. The van der Waals surface area contributed by atoms with Gasteiger partial charge in [-0.2, -0.15) is 4.73 Å². The molecule has 1 aliphatic heterocycles. The van der Waals surface area contributed by atoms with E-state index < -0.39 is 23.6 Å². The number of anilines is 2. The average Bonchev–Trinajstić information content (AvgIpc) is 3.39. The second kappa shape index (κ2) is 12.2. The molecule has 2 amide bonds. The van der Waals surface area contributed by atoms with Gasteiger partial charge in [0.05, 0.1) is 34.6 Å². The number of benzene rings is 2. The van der Waals surface area contributed by atoms with E-state index in [0.717, 1.165) is 24.0 Å². The first-order valence-electron chi connectivity index (χ1n) is 13.4. The van der Waals surface area contributed by atoms with Gasteiger partial charge in [-0.3, -0.25) is 10.1 Å². The zero-order valence-corrected chi connectivity index (χ0v) is 23.6. The van der Waals surface area contributed by atoms with Gasteiger partial charge in [0.1, 0.15) is 17.6 Å². The standard InChI is InChI=1S/C30H28ClF2N5O4/c1-3-22-28-18-10-9-17(34-30(40)42-2)14-23(18)35-25(39)7-5-4-6-19(29(36-22)37-28)24-13-8-16(15-38(24)41)26-21(32)12-11-20(31)27(26)33/h8-15,19H,3-7H2,1-2H3,(H,34,40)(H,35,39)(H,36,37). The van der Waals surface area contributed by atoms with Crippen molar-refractivity contribution in [1.29, 1.82) is 0 Å². The number of carbonyl (C=O) groups excluding carboxylic acids is 2. The van der Waals surface area contributed by atoms with Crippen LogP contribution in [0.3, 0.4) is 0 Å². The average molecular weight is 596 g/mol. The Morgan fingerprint density at radius 3 is 2.76 bits per heavy atom. The fourth-order valence-electron chi connectivity index (χ4n) is 5.15. The number of nitrogens with one attached hydrogen (secondary N) is 3. The highest BCUT2D eigenvalue weighted by atomic mass is 35.5. The number of aromatic nitrogens is 3. The highest BCUT2D eigenvalue weighted by molar-refractivity contribution is 6.31. The maximum Gasteiger partial charge on any atom is 0.411 e. The van der Waals surface area contributed by atoms with Crippen LogP contribution in [0.25, 0.3) is 22.4 Å². The minimum atomic E-state index is -0.944. The molecule has 5 rings (SSSR count). The van der Waals surface area contributed by atoms with Crippen LogP contribution in [-0.2, 0) is 16.0 Å². The molecule has 42 heavy (non-hydrogen) atoms. The van der Waals surface area contributed by atoms with E-state index in [2.05, 4.69) is 20.4 Å². The zero-order chi connectivity index (χ0) is 30.0. The maximum absolute atomic E-state index is 14.7. The summed E-state index contributed by atoms with van der Waals surface area (Å²) in [5, 5.41) is 18.6. The third kappa shape index (κ3) is 5.78. The van der Waals surface area contributed by atoms with E-state index in [1.54, 1.807) is 18.2 Å². The molecule has 2 aromatic heterocycles. The SMILES string of the molecule is CCc1[nH]c2nc1-c1ccc(NC(=O)OC)cc1NC(=O)CCCCC2c1ccc(-c2c(F)ccc(Cl)c2F)c[n+]1[O-]. The first-order valence-corrected chi connectivity index (χ1v) is 13.8. The number of hydrogen-bond donors (Lipinski definition) is 3. The largest absolute Gasteiger partial charge is 0.618 e. The molecule has 3 N–H and O–H groups in total. The molecule has 12 heteroatoms. The number of amides is 2. The summed E-state index contributed by atoms with van der Waals surface area (Å²) < 4.78 is 34.5. The zero-order valence-electron chi connectivity index (χ0n) is 22.9. The molecular weight excluding hydrogens is 568 g/mol. The number of imidazole rings is 1. The molecule has 0 saturated heterocycles. The summed E-state index contributed by atoms with van der Waals surface area (Å²) in [5.74, 6) is -1.92. The van der Waals surface area contributed by atoms with Crippen LogP contribution in [0.4, 0.5) is 25.0 Å². The van der Waals surface area contributed by atoms with Gasteiger partial charge >= 0.3 is 6.09 Å². The fourth-order valence-corrected chi connectivity index (χ4v) is 5.30. The highest BCUT2D eigenvalue weighted by Crippen LogP contribution is 2.37. The second-order valence-corrected chi connectivity index (χ2v) is 10.3. The summed E-state index contributed by atoms with van der Waals surface area (Å²) in [6.45, 7) is 1.95. The van der Waals surface area contributed by atoms with Gasteiger partial charge in [0.25, 0.3) is 0 Å². The number of carbonyl (C=O) groups is 2. The number of hydrogen-bond acceptors (Lipinski definition) is 5. The number of pyridine rings is 1. The Morgan fingerprint density at radius 2 is 2.02 bits per heavy atom. The Balaban J connectivity index is 1.59. The normalized spacial score (nSPS) is 15.2. The summed E-state index contributed by atoms with van der Waals surface area (Å²) >= 11 is 5.86. The van der Waals surface area contributed by atoms with Crippen LogP contribution in [0.1, 0.15) is 55.7 Å². The monoisotopic (exact) mass is 595 g/mol. The van der Waals surface area contributed by atoms with E-state index in [4.69, 9.17) is 16.6 Å². The summed E-state index contributed by atoms with van der Waals surface area (Å²) in [5.41, 5.74) is 2.92. The van der Waals surface area contributed by atoms with Crippen molar-refractivity contribution in [2.75, 3.05) is 17.7 Å². The lowest BCUT2D eigenvalue weighted by Crippen LogP contribution is -2.34. The summed E-state index contributed by atoms with van der Waals surface area (Å²) in [6.07, 6.45) is 2.95. The van der Waals surface area contributed by atoms with E-state index in [1.165, 1.54) is 19.2 Å². The predicted molar refractivity (Wildman–Crippen MR) is 154 cm³/mol. The van der Waals surface area contributed by atoms with Crippen molar-refractivity contribution in [2.24, 2.45) is 0 Å². The van der Waals surface area contributed by atoms with E-state index in [-0.39, 0.29) is 28.5 Å². The fraction of sp³-hybridized carbons (Fsp3) is 0.267. The predicted octanol–water partition coefficient (Wildman–Crippen LogP) is 6.69. The summed E-state index contributed by atoms with van der Waals surface area (Å²) in [6, 6.07) is 10.3. The van der Waals surface area contributed by atoms with Gasteiger partial charge in [0.2, 0.25) is 11.6 Å². The minimum Gasteiger partial charge on any atom is -0.618 e. The molecule has 1 atom stereocenters. The minimum absolute atomic E-state index is 0.0516. The Labute approximate surface area is 245 Å². The number of H-pyrrole nitrogens is 1. The number of halogens is 3. The van der Waals surface area contributed by atoms with Crippen LogP contribution < -0.4 is 15.4 Å². The Morgan fingerprint density at radius 1 is 1.21 bits per heavy atom. The highest BCUT2D eigenvalue weighted by Gasteiger charge is 2.29. The van der Waals surface area contributed by atoms with Crippen LogP contribution in [-0.4, -0.2) is 29.1 Å². The van der Waals surface area contributed by atoms with Gasteiger partial charge in [0, 0.05) is 29.4 Å². The number of ether oxygens (including phenoxy) is 1. The second-order valence-electron chi connectivity index (χ2n) is 9.91. The van der Waals surface area contributed by atoms with Crippen molar-refractivity contribution in [3.63, 3.8) is 0 Å².